The number of nitrogens with one attached hydrogen (secondary N) is 2. The number of aliphatic imine (C=N–C) groups is 1. The molecule has 2 rings (SSSR count). The minimum Gasteiger partial charge on any atom is -0.355 e. The molecule has 25 heavy (non-hydrogen) atoms. The van der Waals surface area contributed by atoms with Gasteiger partial charge in [0.05, 0.1) is 0 Å². The molecule has 140 valence electrons. The van der Waals surface area contributed by atoms with E-state index in [1.54, 1.807) is 19.3 Å². The van der Waals surface area contributed by atoms with Crippen molar-refractivity contribution in [2.45, 2.75) is 38.8 Å². The zero-order valence-electron chi connectivity index (χ0n) is 15.8. The monoisotopic (exact) mass is 350 g/mol. The van der Waals surface area contributed by atoms with Crippen LogP contribution in [0.4, 0.5) is 10.2 Å². The molecule has 1 aromatic heterocycles. The summed E-state index contributed by atoms with van der Waals surface area (Å²) in [5.41, 5.74) is 0. The molecule has 0 bridgehead atoms. The Balaban J connectivity index is 1.78. The van der Waals surface area contributed by atoms with Crippen molar-refractivity contribution in [3.8, 4) is 0 Å². The van der Waals surface area contributed by atoms with Gasteiger partial charge in [-0.25, -0.2) is 9.37 Å². The van der Waals surface area contributed by atoms with Crippen LogP contribution in [0.1, 0.15) is 26.7 Å². The van der Waals surface area contributed by atoms with Crippen LogP contribution in [0.2, 0.25) is 0 Å². The van der Waals surface area contributed by atoms with Gasteiger partial charge in [-0.2, -0.15) is 0 Å². The first-order valence-electron chi connectivity index (χ1n) is 9.08. The number of anilines is 1. The smallest absolute Gasteiger partial charge is 0.191 e. The molecule has 2 N–H and O–H groups in total. The lowest BCUT2D eigenvalue weighted by Gasteiger charge is -2.24. The van der Waals surface area contributed by atoms with Crippen LogP contribution < -0.4 is 15.5 Å². The highest BCUT2D eigenvalue weighted by Crippen LogP contribution is 2.20. The molecular formula is C18H31FN6. The summed E-state index contributed by atoms with van der Waals surface area (Å²) in [6.45, 7) is 7.75. The Morgan fingerprint density at radius 1 is 1.56 bits per heavy atom. The van der Waals surface area contributed by atoms with E-state index in [1.165, 1.54) is 6.07 Å². The fourth-order valence-corrected chi connectivity index (χ4v) is 2.95. The summed E-state index contributed by atoms with van der Waals surface area (Å²) in [7, 11) is 3.92. The van der Waals surface area contributed by atoms with Gasteiger partial charge in [0, 0.05) is 51.5 Å². The van der Waals surface area contributed by atoms with Crippen molar-refractivity contribution in [2.75, 3.05) is 45.2 Å². The summed E-state index contributed by atoms with van der Waals surface area (Å²) < 4.78 is 13.9. The molecule has 0 aromatic carbocycles. The lowest BCUT2D eigenvalue weighted by molar-refractivity contribution is 0.255. The number of hydrogen-bond donors (Lipinski definition) is 2. The maximum Gasteiger partial charge on any atom is 0.191 e. The SMILES string of the molecule is CCC(C)N(C)CCNC(=NC)NC1CCN(c2ncccc2F)C1. The van der Waals surface area contributed by atoms with Crippen LogP contribution in [0.3, 0.4) is 0 Å². The summed E-state index contributed by atoms with van der Waals surface area (Å²) >= 11 is 0. The number of aromatic nitrogens is 1. The average Bonchev–Trinajstić information content (AvgIpc) is 3.08. The normalized spacial score (nSPS) is 19.4. The summed E-state index contributed by atoms with van der Waals surface area (Å²) in [6.07, 6.45) is 3.71. The lowest BCUT2D eigenvalue weighted by atomic mass is 10.2. The largest absolute Gasteiger partial charge is 0.355 e. The van der Waals surface area contributed by atoms with Gasteiger partial charge in [-0.3, -0.25) is 4.99 Å². The number of rotatable bonds is 7. The molecule has 1 aliphatic heterocycles. The van der Waals surface area contributed by atoms with Crippen molar-refractivity contribution in [3.63, 3.8) is 0 Å². The molecule has 6 nitrogen and oxygen atoms in total. The maximum absolute atomic E-state index is 13.9. The number of hydrogen-bond acceptors (Lipinski definition) is 4. The van der Waals surface area contributed by atoms with Gasteiger partial charge in [-0.05, 0) is 38.9 Å². The molecule has 0 amide bonds. The molecule has 1 fully saturated rings. The second-order valence-electron chi connectivity index (χ2n) is 6.62. The van der Waals surface area contributed by atoms with E-state index in [4.69, 9.17) is 0 Å². The highest BCUT2D eigenvalue weighted by molar-refractivity contribution is 5.80. The second-order valence-corrected chi connectivity index (χ2v) is 6.62. The van der Waals surface area contributed by atoms with Crippen LogP contribution in [0.25, 0.3) is 0 Å². The Labute approximate surface area is 150 Å². The highest BCUT2D eigenvalue weighted by atomic mass is 19.1. The van der Waals surface area contributed by atoms with E-state index < -0.39 is 0 Å². The van der Waals surface area contributed by atoms with Crippen LogP contribution in [-0.2, 0) is 0 Å². The van der Waals surface area contributed by atoms with Gasteiger partial charge in [-0.15, -0.1) is 0 Å². The van der Waals surface area contributed by atoms with E-state index in [1.807, 2.05) is 4.90 Å². The van der Waals surface area contributed by atoms with Gasteiger partial charge < -0.3 is 20.4 Å². The van der Waals surface area contributed by atoms with E-state index in [0.29, 0.717) is 11.9 Å². The van der Waals surface area contributed by atoms with E-state index in [0.717, 1.165) is 45.0 Å². The molecule has 1 saturated heterocycles. The number of nitrogens with zero attached hydrogens (tertiary/aromatic N) is 4. The third-order valence-electron chi connectivity index (χ3n) is 4.89. The minimum atomic E-state index is -0.265. The highest BCUT2D eigenvalue weighted by Gasteiger charge is 2.25. The average molecular weight is 350 g/mol. The van der Waals surface area contributed by atoms with Crippen molar-refractivity contribution in [2.24, 2.45) is 4.99 Å². The van der Waals surface area contributed by atoms with Crippen LogP contribution in [-0.4, -0.2) is 68.2 Å². The first-order valence-corrected chi connectivity index (χ1v) is 9.08. The molecule has 0 aliphatic carbocycles. The number of pyridine rings is 1. The van der Waals surface area contributed by atoms with Gasteiger partial charge in [0.25, 0.3) is 0 Å². The molecule has 2 unspecified atom stereocenters. The van der Waals surface area contributed by atoms with E-state index in [-0.39, 0.29) is 11.9 Å². The van der Waals surface area contributed by atoms with Crippen molar-refractivity contribution in [3.05, 3.63) is 24.1 Å². The van der Waals surface area contributed by atoms with Crippen LogP contribution in [0, 0.1) is 5.82 Å². The zero-order chi connectivity index (χ0) is 18.2. The van der Waals surface area contributed by atoms with E-state index in [2.05, 4.69) is 46.4 Å². The Kier molecular flexibility index (Phi) is 7.43. The Hall–Kier alpha value is -1.89. The Morgan fingerprint density at radius 2 is 2.36 bits per heavy atom. The third kappa shape index (κ3) is 5.56. The quantitative estimate of drug-likeness (QED) is 0.579. The van der Waals surface area contributed by atoms with Crippen LogP contribution in [0.15, 0.2) is 23.3 Å². The first-order chi connectivity index (χ1) is 12.0. The second kappa shape index (κ2) is 9.56. The van der Waals surface area contributed by atoms with Gasteiger partial charge in [0.15, 0.2) is 17.6 Å². The van der Waals surface area contributed by atoms with Gasteiger partial charge in [0.2, 0.25) is 0 Å². The molecule has 1 aliphatic rings. The maximum atomic E-state index is 13.9. The fraction of sp³-hybridized carbons (Fsp3) is 0.667. The van der Waals surface area contributed by atoms with E-state index >= 15 is 0 Å². The van der Waals surface area contributed by atoms with Crippen LogP contribution in [0.5, 0.6) is 0 Å². The predicted molar refractivity (Wildman–Crippen MR) is 102 cm³/mol. The molecule has 2 atom stereocenters. The molecule has 0 radical (unpaired) electrons. The van der Waals surface area contributed by atoms with Gasteiger partial charge in [-0.1, -0.05) is 6.92 Å². The van der Waals surface area contributed by atoms with Crippen molar-refractivity contribution >= 4 is 11.8 Å². The predicted octanol–water partition coefficient (Wildman–Crippen LogP) is 1.69. The number of halogens is 1. The Bertz CT molecular complexity index is 564. The molecule has 0 saturated carbocycles. The summed E-state index contributed by atoms with van der Waals surface area (Å²) in [5, 5.41) is 6.79. The molecule has 2 heterocycles. The number of guanidine groups is 1. The summed E-state index contributed by atoms with van der Waals surface area (Å²) in [6, 6.07) is 3.89. The fourth-order valence-electron chi connectivity index (χ4n) is 2.95. The number of likely N-dealkylation sites (N-methyl/N-ethyl adjacent to an activating group) is 1. The van der Waals surface area contributed by atoms with Crippen LogP contribution >= 0.6 is 0 Å². The zero-order valence-corrected chi connectivity index (χ0v) is 15.8. The first kappa shape index (κ1) is 19.4. The molecule has 0 spiro atoms. The molecule has 7 heteroatoms. The summed E-state index contributed by atoms with van der Waals surface area (Å²) in [5.74, 6) is 0.967. The topological polar surface area (TPSA) is 55.8 Å². The standard InChI is InChI=1S/C18H31FN6/c1-5-14(2)24(4)12-10-22-18(20-3)23-15-8-11-25(13-15)17-16(19)7-6-9-21-17/h6-7,9,14-15H,5,8,10-13H2,1-4H3,(H2,20,22,23). The van der Waals surface area contributed by atoms with Crippen molar-refractivity contribution in [1.82, 2.24) is 20.5 Å². The molecular weight excluding hydrogens is 319 g/mol. The van der Waals surface area contributed by atoms with Gasteiger partial charge in [0.1, 0.15) is 0 Å². The lowest BCUT2D eigenvalue weighted by Crippen LogP contribution is -2.47. The van der Waals surface area contributed by atoms with Crippen molar-refractivity contribution < 1.29 is 4.39 Å². The van der Waals surface area contributed by atoms with Crippen molar-refractivity contribution in [1.29, 1.82) is 0 Å². The summed E-state index contributed by atoms with van der Waals surface area (Å²) in [4.78, 5) is 12.8. The molecule has 1 aromatic rings. The van der Waals surface area contributed by atoms with E-state index in [9.17, 15) is 4.39 Å². The Morgan fingerprint density at radius 3 is 3.04 bits per heavy atom. The minimum absolute atomic E-state index is 0.236. The van der Waals surface area contributed by atoms with Gasteiger partial charge >= 0.3 is 0 Å². The third-order valence-corrected chi connectivity index (χ3v) is 4.89.